The number of nitrogens with zero attached hydrogens (tertiary/aromatic N) is 1. The number of para-hydroxylation sites is 1. The number of ether oxygens (including phenoxy) is 1. The minimum atomic E-state index is -0.303. The molecule has 1 aliphatic rings. The summed E-state index contributed by atoms with van der Waals surface area (Å²) in [4.78, 5) is 28.6. The molecule has 1 aromatic carbocycles. The van der Waals surface area contributed by atoms with Gasteiger partial charge in [0.05, 0.1) is 22.9 Å². The molecular weight excluding hydrogens is 306 g/mol. The van der Waals surface area contributed by atoms with Crippen LogP contribution in [0.1, 0.15) is 33.6 Å². The van der Waals surface area contributed by atoms with E-state index >= 15 is 0 Å². The summed E-state index contributed by atoms with van der Waals surface area (Å²) >= 11 is 0. The van der Waals surface area contributed by atoms with Crippen molar-refractivity contribution in [3.63, 3.8) is 0 Å². The zero-order valence-electron chi connectivity index (χ0n) is 13.2. The molecule has 0 spiro atoms. The molecule has 2 amide bonds. The zero-order chi connectivity index (χ0) is 16.8. The van der Waals surface area contributed by atoms with E-state index in [2.05, 4.69) is 15.6 Å². The van der Waals surface area contributed by atoms with Crippen molar-refractivity contribution in [2.75, 3.05) is 18.5 Å². The average Bonchev–Trinajstić information content (AvgIpc) is 3.14. The first-order chi connectivity index (χ1) is 11.7. The lowest BCUT2D eigenvalue weighted by molar-refractivity contribution is 0.0858. The predicted octanol–water partition coefficient (Wildman–Crippen LogP) is 2.24. The summed E-state index contributed by atoms with van der Waals surface area (Å²) < 4.78 is 5.50. The Kier molecular flexibility index (Phi) is 5.18. The number of benzene rings is 1. The molecule has 1 fully saturated rings. The lowest BCUT2D eigenvalue weighted by Crippen LogP contribution is -2.32. The first-order valence-electron chi connectivity index (χ1n) is 7.94. The molecule has 0 bridgehead atoms. The van der Waals surface area contributed by atoms with Crippen LogP contribution in [0, 0.1) is 0 Å². The fourth-order valence-electron chi connectivity index (χ4n) is 2.59. The van der Waals surface area contributed by atoms with Crippen LogP contribution in [0.4, 0.5) is 5.69 Å². The fraction of sp³-hybridized carbons (Fsp3) is 0.278. The van der Waals surface area contributed by atoms with Gasteiger partial charge in [0.25, 0.3) is 11.8 Å². The molecule has 6 heteroatoms. The third kappa shape index (κ3) is 3.97. The van der Waals surface area contributed by atoms with Crippen LogP contribution >= 0.6 is 0 Å². The van der Waals surface area contributed by atoms with E-state index in [1.54, 1.807) is 42.6 Å². The number of rotatable bonds is 5. The van der Waals surface area contributed by atoms with E-state index < -0.39 is 0 Å². The molecule has 0 radical (unpaired) electrons. The maximum absolute atomic E-state index is 12.4. The number of hydrogen-bond donors (Lipinski definition) is 2. The summed E-state index contributed by atoms with van der Waals surface area (Å²) in [6, 6.07) is 10.3. The van der Waals surface area contributed by atoms with Gasteiger partial charge in [-0.3, -0.25) is 14.6 Å². The van der Waals surface area contributed by atoms with Gasteiger partial charge in [-0.05, 0) is 37.1 Å². The van der Waals surface area contributed by atoms with Gasteiger partial charge in [0.2, 0.25) is 0 Å². The molecule has 0 saturated carbocycles. The number of carbonyl (C=O) groups excluding carboxylic acids is 2. The van der Waals surface area contributed by atoms with Crippen molar-refractivity contribution in [1.29, 1.82) is 0 Å². The Morgan fingerprint density at radius 2 is 2.04 bits per heavy atom. The summed E-state index contributed by atoms with van der Waals surface area (Å²) in [6.45, 7) is 1.22. The Morgan fingerprint density at radius 1 is 1.17 bits per heavy atom. The van der Waals surface area contributed by atoms with Gasteiger partial charge in [-0.1, -0.05) is 12.1 Å². The van der Waals surface area contributed by atoms with Crippen LogP contribution in [0.15, 0.2) is 48.8 Å². The first-order valence-corrected chi connectivity index (χ1v) is 7.94. The molecule has 3 rings (SSSR count). The normalized spacial score (nSPS) is 16.6. The lowest BCUT2D eigenvalue weighted by Gasteiger charge is -2.13. The van der Waals surface area contributed by atoms with Gasteiger partial charge in [-0.25, -0.2) is 0 Å². The van der Waals surface area contributed by atoms with Crippen LogP contribution in [0.5, 0.6) is 0 Å². The standard InChI is InChI=1S/C18H19N3O3/c22-17(13-5-3-9-19-11-13)21-16-8-2-1-7-15(16)18(23)20-12-14-6-4-10-24-14/h1-3,5,7-9,11,14H,4,6,10,12H2,(H,20,23)(H,21,22)/t14-/m1/s1. The molecule has 24 heavy (non-hydrogen) atoms. The largest absolute Gasteiger partial charge is 0.376 e. The Labute approximate surface area is 140 Å². The molecular formula is C18H19N3O3. The summed E-state index contributed by atoms with van der Waals surface area (Å²) in [5.74, 6) is -0.532. The Balaban J connectivity index is 1.68. The number of aromatic nitrogens is 1. The summed E-state index contributed by atoms with van der Waals surface area (Å²) in [7, 11) is 0. The average molecular weight is 325 g/mol. The van der Waals surface area contributed by atoms with E-state index in [-0.39, 0.29) is 17.9 Å². The van der Waals surface area contributed by atoms with Crippen molar-refractivity contribution in [3.8, 4) is 0 Å². The van der Waals surface area contributed by atoms with Crippen LogP contribution in [0.2, 0.25) is 0 Å². The van der Waals surface area contributed by atoms with Gasteiger partial charge < -0.3 is 15.4 Å². The van der Waals surface area contributed by atoms with Crippen molar-refractivity contribution in [1.82, 2.24) is 10.3 Å². The summed E-state index contributed by atoms with van der Waals surface area (Å²) in [6.07, 6.45) is 5.14. The van der Waals surface area contributed by atoms with E-state index in [4.69, 9.17) is 4.74 Å². The van der Waals surface area contributed by atoms with Gasteiger partial charge in [0, 0.05) is 25.5 Å². The number of amides is 2. The molecule has 2 N–H and O–H groups in total. The van der Waals surface area contributed by atoms with Crippen molar-refractivity contribution in [2.24, 2.45) is 0 Å². The van der Waals surface area contributed by atoms with Gasteiger partial charge in [0.1, 0.15) is 0 Å². The number of carbonyl (C=O) groups is 2. The molecule has 1 saturated heterocycles. The number of nitrogens with one attached hydrogen (secondary N) is 2. The molecule has 2 heterocycles. The highest BCUT2D eigenvalue weighted by atomic mass is 16.5. The Bertz CT molecular complexity index is 712. The SMILES string of the molecule is O=C(Nc1ccccc1C(=O)NC[C@H]1CCCO1)c1cccnc1. The second-order valence-electron chi connectivity index (χ2n) is 5.59. The molecule has 6 nitrogen and oxygen atoms in total. The summed E-state index contributed by atoms with van der Waals surface area (Å²) in [5.41, 5.74) is 1.33. The first kappa shape index (κ1) is 16.1. The smallest absolute Gasteiger partial charge is 0.257 e. The predicted molar refractivity (Wildman–Crippen MR) is 89.9 cm³/mol. The molecule has 124 valence electrons. The molecule has 0 aliphatic carbocycles. The third-order valence-corrected chi connectivity index (χ3v) is 3.86. The molecule has 1 aliphatic heterocycles. The highest BCUT2D eigenvalue weighted by Crippen LogP contribution is 2.17. The van der Waals surface area contributed by atoms with E-state index in [9.17, 15) is 9.59 Å². The topological polar surface area (TPSA) is 80.3 Å². The van der Waals surface area contributed by atoms with E-state index in [1.165, 1.54) is 6.20 Å². The van der Waals surface area contributed by atoms with Crippen molar-refractivity contribution in [3.05, 3.63) is 59.9 Å². The molecule has 2 aromatic rings. The number of hydrogen-bond acceptors (Lipinski definition) is 4. The van der Waals surface area contributed by atoms with E-state index in [1.807, 2.05) is 0 Å². The molecule has 1 aromatic heterocycles. The summed E-state index contributed by atoms with van der Waals surface area (Å²) in [5, 5.41) is 5.63. The third-order valence-electron chi connectivity index (χ3n) is 3.86. The van der Waals surface area contributed by atoms with Crippen molar-refractivity contribution >= 4 is 17.5 Å². The maximum atomic E-state index is 12.4. The highest BCUT2D eigenvalue weighted by molar-refractivity contribution is 6.08. The van der Waals surface area contributed by atoms with Gasteiger partial charge in [-0.2, -0.15) is 0 Å². The van der Waals surface area contributed by atoms with E-state index in [0.29, 0.717) is 23.4 Å². The van der Waals surface area contributed by atoms with Crippen LogP contribution in [-0.2, 0) is 4.74 Å². The lowest BCUT2D eigenvalue weighted by atomic mass is 10.1. The van der Waals surface area contributed by atoms with Crippen LogP contribution in [-0.4, -0.2) is 36.1 Å². The van der Waals surface area contributed by atoms with Crippen molar-refractivity contribution in [2.45, 2.75) is 18.9 Å². The fourth-order valence-corrected chi connectivity index (χ4v) is 2.59. The monoisotopic (exact) mass is 325 g/mol. The molecule has 1 atom stereocenters. The minimum absolute atomic E-state index is 0.0751. The maximum Gasteiger partial charge on any atom is 0.257 e. The number of pyridine rings is 1. The quantitative estimate of drug-likeness (QED) is 0.883. The van der Waals surface area contributed by atoms with Gasteiger partial charge >= 0.3 is 0 Å². The van der Waals surface area contributed by atoms with Gasteiger partial charge in [0.15, 0.2) is 0 Å². The Morgan fingerprint density at radius 3 is 2.79 bits per heavy atom. The number of anilines is 1. The van der Waals surface area contributed by atoms with Crippen LogP contribution in [0.3, 0.4) is 0 Å². The van der Waals surface area contributed by atoms with Gasteiger partial charge in [-0.15, -0.1) is 0 Å². The second-order valence-corrected chi connectivity index (χ2v) is 5.59. The van der Waals surface area contributed by atoms with E-state index in [0.717, 1.165) is 19.4 Å². The highest BCUT2D eigenvalue weighted by Gasteiger charge is 2.18. The van der Waals surface area contributed by atoms with Crippen molar-refractivity contribution < 1.29 is 14.3 Å². The second kappa shape index (κ2) is 7.70. The van der Waals surface area contributed by atoms with Crippen LogP contribution in [0.25, 0.3) is 0 Å². The Hall–Kier alpha value is -2.73. The van der Waals surface area contributed by atoms with Crippen LogP contribution < -0.4 is 10.6 Å². The minimum Gasteiger partial charge on any atom is -0.376 e. The molecule has 0 unspecified atom stereocenters. The zero-order valence-corrected chi connectivity index (χ0v) is 13.2.